The van der Waals surface area contributed by atoms with E-state index in [9.17, 15) is 9.90 Å². The first kappa shape index (κ1) is 16.6. The predicted octanol–water partition coefficient (Wildman–Crippen LogP) is 4.08. The second-order valence-electron chi connectivity index (χ2n) is 6.73. The van der Waals surface area contributed by atoms with Gasteiger partial charge < -0.3 is 14.4 Å². The van der Waals surface area contributed by atoms with Crippen LogP contribution in [0.25, 0.3) is 11.6 Å². The maximum absolute atomic E-state index is 12.8. The van der Waals surface area contributed by atoms with Crippen LogP contribution in [0.15, 0.2) is 27.7 Å². The van der Waals surface area contributed by atoms with Crippen LogP contribution in [0.2, 0.25) is 0 Å². The number of aromatic nitrogens is 1. The summed E-state index contributed by atoms with van der Waals surface area (Å²) < 4.78 is 5.91. The van der Waals surface area contributed by atoms with Crippen LogP contribution in [-0.2, 0) is 0 Å². The van der Waals surface area contributed by atoms with Crippen molar-refractivity contribution in [3.63, 3.8) is 0 Å². The number of pyridine rings is 1. The minimum atomic E-state index is -0.0876. The number of rotatable bonds is 5. The molecule has 0 spiro atoms. The van der Waals surface area contributed by atoms with Crippen LogP contribution in [0.4, 0.5) is 11.7 Å². The fraction of sp³-hybridized carbons (Fsp3) is 0.350. The van der Waals surface area contributed by atoms with E-state index in [4.69, 9.17) is 4.42 Å². The monoisotopic (exact) mass is 351 g/mol. The van der Waals surface area contributed by atoms with E-state index < -0.39 is 0 Å². The zero-order chi connectivity index (χ0) is 18.3. The summed E-state index contributed by atoms with van der Waals surface area (Å²) in [6.07, 6.45) is 7.91. The molecule has 3 heterocycles. The summed E-state index contributed by atoms with van der Waals surface area (Å²) in [6, 6.07) is 3.76. The third-order valence-corrected chi connectivity index (χ3v) is 5.14. The molecule has 0 atom stereocenters. The summed E-state index contributed by atoms with van der Waals surface area (Å²) in [6.45, 7) is 2.64. The lowest BCUT2D eigenvalue weighted by molar-refractivity contribution is 0.0853. The molecule has 6 heteroatoms. The number of furan rings is 1. The van der Waals surface area contributed by atoms with Crippen LogP contribution in [0.5, 0.6) is 5.75 Å². The van der Waals surface area contributed by atoms with Crippen LogP contribution >= 0.6 is 0 Å². The summed E-state index contributed by atoms with van der Waals surface area (Å²) in [4.78, 5) is 23.2. The smallest absolute Gasteiger partial charge is 0.210 e. The van der Waals surface area contributed by atoms with Crippen molar-refractivity contribution >= 4 is 35.3 Å². The number of anilines is 1. The molecule has 2 aromatic rings. The van der Waals surface area contributed by atoms with Crippen LogP contribution in [-0.4, -0.2) is 35.7 Å². The van der Waals surface area contributed by atoms with Crippen LogP contribution in [0, 0.1) is 5.92 Å². The van der Waals surface area contributed by atoms with Gasteiger partial charge in [-0.25, -0.2) is 9.98 Å². The number of allylic oxidation sites excluding steroid dienone is 1. The quantitative estimate of drug-likeness (QED) is 0.821. The molecule has 1 aliphatic heterocycles. The molecule has 134 valence electrons. The Kier molecular flexibility index (Phi) is 4.11. The maximum Gasteiger partial charge on any atom is 0.210 e. The first-order valence-corrected chi connectivity index (χ1v) is 8.92. The lowest BCUT2D eigenvalue weighted by Crippen LogP contribution is -2.24. The number of carbonyl (C=O) groups excluding carboxylic acids is 1. The fourth-order valence-corrected chi connectivity index (χ4v) is 3.22. The number of hydrogen-bond acceptors (Lipinski definition) is 6. The van der Waals surface area contributed by atoms with E-state index in [-0.39, 0.29) is 23.2 Å². The number of fused-ring (bicyclic) bond motifs is 1. The van der Waals surface area contributed by atoms with Crippen molar-refractivity contribution in [2.75, 3.05) is 18.5 Å². The Morgan fingerprint density at radius 2 is 2.27 bits per heavy atom. The van der Waals surface area contributed by atoms with Gasteiger partial charge in [-0.3, -0.25) is 4.79 Å². The number of Topliss-reactive ketones (excluding diaryl/α,β-unsaturated/α-hetero) is 1. The number of carbonyl (C=O) groups is 1. The zero-order valence-electron chi connectivity index (χ0n) is 14.9. The highest BCUT2D eigenvalue weighted by molar-refractivity contribution is 6.21. The molecule has 4 rings (SSSR count). The standard InChI is InChI=1S/C20H21N3O3/c1-3-23(2)20-16(17(24)12-6-4-7-12)18(25)15(26-20)10-13-11-22-19-14(13)8-5-9-21-19/h5,8-12,25H,3-4,6-7H2,1-2H3. The third-order valence-electron chi connectivity index (χ3n) is 5.14. The maximum atomic E-state index is 12.8. The number of nitrogens with zero attached hydrogens (tertiary/aromatic N) is 3. The van der Waals surface area contributed by atoms with Crippen molar-refractivity contribution in [1.29, 1.82) is 0 Å². The van der Waals surface area contributed by atoms with Gasteiger partial charge in [0.2, 0.25) is 5.88 Å². The van der Waals surface area contributed by atoms with Gasteiger partial charge in [-0.1, -0.05) is 6.42 Å². The van der Waals surface area contributed by atoms with Crippen molar-refractivity contribution in [3.05, 3.63) is 35.2 Å². The number of aromatic hydroxyl groups is 1. The number of hydrogen-bond donors (Lipinski definition) is 1. The minimum Gasteiger partial charge on any atom is -0.504 e. The Bertz CT molecular complexity index is 922. The van der Waals surface area contributed by atoms with Crippen LogP contribution < -0.4 is 4.90 Å². The molecule has 1 aliphatic carbocycles. The van der Waals surface area contributed by atoms with Gasteiger partial charge in [0.1, 0.15) is 5.56 Å². The Morgan fingerprint density at radius 3 is 2.96 bits per heavy atom. The van der Waals surface area contributed by atoms with E-state index in [0.29, 0.717) is 23.8 Å². The van der Waals surface area contributed by atoms with Crippen molar-refractivity contribution in [1.82, 2.24) is 4.98 Å². The second-order valence-corrected chi connectivity index (χ2v) is 6.73. The normalized spacial score (nSPS) is 17.4. The van der Waals surface area contributed by atoms with Crippen LogP contribution in [0.1, 0.15) is 47.9 Å². The van der Waals surface area contributed by atoms with Gasteiger partial charge in [-0.05, 0) is 38.0 Å². The Morgan fingerprint density at radius 1 is 1.46 bits per heavy atom. The largest absolute Gasteiger partial charge is 0.504 e. The van der Waals surface area contributed by atoms with Crippen LogP contribution in [0.3, 0.4) is 0 Å². The molecule has 0 radical (unpaired) electrons. The van der Waals surface area contributed by atoms with Crippen molar-refractivity contribution < 1.29 is 14.3 Å². The average Bonchev–Trinajstić information content (AvgIpc) is 3.15. The number of aliphatic imine (C=N–C) groups is 1. The lowest BCUT2D eigenvalue weighted by Gasteiger charge is -2.24. The zero-order valence-corrected chi connectivity index (χ0v) is 14.9. The Balaban J connectivity index is 1.78. The Labute approximate surface area is 151 Å². The van der Waals surface area contributed by atoms with E-state index in [1.54, 1.807) is 18.5 Å². The van der Waals surface area contributed by atoms with E-state index in [2.05, 4.69) is 9.98 Å². The molecule has 1 N–H and O–H groups in total. The highest BCUT2D eigenvalue weighted by Crippen LogP contribution is 2.42. The minimum absolute atomic E-state index is 0.0130. The first-order valence-electron chi connectivity index (χ1n) is 8.92. The summed E-state index contributed by atoms with van der Waals surface area (Å²) in [5.74, 6) is 1.22. The Hall–Kier alpha value is -2.89. The summed E-state index contributed by atoms with van der Waals surface area (Å²) in [5.41, 5.74) is 1.97. The summed E-state index contributed by atoms with van der Waals surface area (Å²) in [5, 5.41) is 10.8. The van der Waals surface area contributed by atoms with Crippen molar-refractivity contribution in [3.8, 4) is 5.75 Å². The van der Waals surface area contributed by atoms with E-state index in [1.165, 1.54) is 0 Å². The van der Waals surface area contributed by atoms with E-state index in [1.807, 2.05) is 31.0 Å². The SMILES string of the molecule is CCN(C)c1oc(C=C2C=Nc3ncccc32)c(O)c1C(=O)C1CCC1. The first-order chi connectivity index (χ1) is 12.6. The van der Waals surface area contributed by atoms with Gasteiger partial charge in [0.05, 0.1) is 0 Å². The molecular weight excluding hydrogens is 330 g/mol. The lowest BCUT2D eigenvalue weighted by atomic mass is 9.80. The van der Waals surface area contributed by atoms with Crippen molar-refractivity contribution in [2.24, 2.45) is 10.9 Å². The van der Waals surface area contributed by atoms with Gasteiger partial charge in [0.25, 0.3) is 0 Å². The van der Waals surface area contributed by atoms with Gasteiger partial charge in [-0.2, -0.15) is 0 Å². The van der Waals surface area contributed by atoms with Gasteiger partial charge in [0.15, 0.2) is 23.1 Å². The molecule has 0 amide bonds. The highest BCUT2D eigenvalue weighted by atomic mass is 16.4. The molecule has 0 aromatic carbocycles. The molecule has 0 saturated heterocycles. The molecular formula is C20H21N3O3. The topological polar surface area (TPSA) is 78.9 Å². The van der Waals surface area contributed by atoms with Gasteiger partial charge in [0, 0.05) is 43.1 Å². The summed E-state index contributed by atoms with van der Waals surface area (Å²) >= 11 is 0. The third kappa shape index (κ3) is 2.62. The molecule has 6 nitrogen and oxygen atoms in total. The number of ketones is 1. The van der Waals surface area contributed by atoms with Gasteiger partial charge in [-0.15, -0.1) is 0 Å². The molecule has 0 bridgehead atoms. The van der Waals surface area contributed by atoms with Crippen molar-refractivity contribution in [2.45, 2.75) is 26.2 Å². The molecule has 2 aromatic heterocycles. The second kappa shape index (κ2) is 6.44. The predicted molar refractivity (Wildman–Crippen MR) is 101 cm³/mol. The molecule has 0 unspecified atom stereocenters. The van der Waals surface area contributed by atoms with E-state index in [0.717, 1.165) is 30.4 Å². The summed E-state index contributed by atoms with van der Waals surface area (Å²) in [7, 11) is 1.85. The fourth-order valence-electron chi connectivity index (χ4n) is 3.22. The molecule has 2 aliphatic rings. The molecule has 1 saturated carbocycles. The van der Waals surface area contributed by atoms with Gasteiger partial charge >= 0.3 is 0 Å². The molecule has 26 heavy (non-hydrogen) atoms. The highest BCUT2D eigenvalue weighted by Gasteiger charge is 2.34. The molecule has 1 fully saturated rings. The van der Waals surface area contributed by atoms with E-state index >= 15 is 0 Å². The average molecular weight is 351 g/mol.